The Morgan fingerprint density at radius 2 is 1.94 bits per heavy atom. The molecule has 1 aliphatic heterocycles. The lowest BCUT2D eigenvalue weighted by atomic mass is 10.1. The highest BCUT2D eigenvalue weighted by molar-refractivity contribution is 7.93. The first kappa shape index (κ1) is 23.1. The summed E-state index contributed by atoms with van der Waals surface area (Å²) < 4.78 is 28.3. The first-order valence-electron chi connectivity index (χ1n) is 9.91. The van der Waals surface area contributed by atoms with Crippen molar-refractivity contribution in [2.45, 2.75) is 23.8 Å². The normalized spacial score (nSPS) is 15.6. The minimum atomic E-state index is -4.35. The van der Waals surface area contributed by atoms with E-state index in [1.165, 1.54) is 24.5 Å². The lowest BCUT2D eigenvalue weighted by Crippen LogP contribution is -2.52. The summed E-state index contributed by atoms with van der Waals surface area (Å²) in [6.45, 7) is 0.291. The molecule has 3 aromatic rings. The highest BCUT2D eigenvalue weighted by atomic mass is 35.5. The fourth-order valence-electron chi connectivity index (χ4n) is 3.53. The zero-order valence-corrected chi connectivity index (χ0v) is 19.4. The van der Waals surface area contributed by atoms with Crippen LogP contribution in [0.4, 0.5) is 11.4 Å². The molecule has 33 heavy (non-hydrogen) atoms. The number of fused-ring (bicyclic) bond motifs is 1. The van der Waals surface area contributed by atoms with E-state index < -0.39 is 27.9 Å². The van der Waals surface area contributed by atoms with Crippen LogP contribution in [0, 0.1) is 0 Å². The highest BCUT2D eigenvalue weighted by Gasteiger charge is 2.42. The van der Waals surface area contributed by atoms with Crippen molar-refractivity contribution in [1.82, 2.24) is 15.3 Å². The van der Waals surface area contributed by atoms with Gasteiger partial charge in [0.25, 0.3) is 10.0 Å². The molecule has 4 rings (SSSR count). The van der Waals surface area contributed by atoms with Crippen LogP contribution in [0.15, 0.2) is 59.9 Å². The molecule has 2 amide bonds. The number of H-pyrrole nitrogens is 1. The number of benzene rings is 2. The van der Waals surface area contributed by atoms with Crippen LogP contribution in [0.5, 0.6) is 0 Å². The predicted octanol–water partition coefficient (Wildman–Crippen LogP) is 2.98. The number of para-hydroxylation sites is 2. The van der Waals surface area contributed by atoms with Gasteiger partial charge in [-0.05, 0) is 24.3 Å². The number of nitrogens with zero attached hydrogens (tertiary/aromatic N) is 2. The third-order valence-corrected chi connectivity index (χ3v) is 7.88. The van der Waals surface area contributed by atoms with Crippen LogP contribution in [-0.4, -0.2) is 42.8 Å². The molecule has 172 valence electrons. The van der Waals surface area contributed by atoms with Gasteiger partial charge in [-0.1, -0.05) is 41.4 Å². The second-order valence-electron chi connectivity index (χ2n) is 7.26. The number of hydrogen-bond donors (Lipinski definition) is 3. The first-order valence-corrected chi connectivity index (χ1v) is 12.1. The van der Waals surface area contributed by atoms with Crippen LogP contribution in [-0.2, 0) is 26.0 Å². The lowest BCUT2D eigenvalue weighted by molar-refractivity contribution is -0.125. The molecule has 1 atom stereocenters. The number of aromatic amines is 1. The molecular formula is C21H19Cl2N5O4S. The van der Waals surface area contributed by atoms with Gasteiger partial charge >= 0.3 is 0 Å². The Balaban J connectivity index is 1.65. The van der Waals surface area contributed by atoms with Crippen LogP contribution in [0.3, 0.4) is 0 Å². The summed E-state index contributed by atoms with van der Waals surface area (Å²) in [4.78, 5) is 32.1. The molecule has 0 spiro atoms. The molecular weight excluding hydrogens is 489 g/mol. The number of sulfonamides is 1. The maximum Gasteiger partial charge on any atom is 0.266 e. The van der Waals surface area contributed by atoms with E-state index in [-0.39, 0.29) is 27.0 Å². The van der Waals surface area contributed by atoms with E-state index in [4.69, 9.17) is 23.2 Å². The van der Waals surface area contributed by atoms with Gasteiger partial charge in [0.15, 0.2) is 0 Å². The topological polar surface area (TPSA) is 124 Å². The van der Waals surface area contributed by atoms with Gasteiger partial charge in [-0.25, -0.2) is 13.4 Å². The molecule has 12 heteroatoms. The van der Waals surface area contributed by atoms with Gasteiger partial charge in [0, 0.05) is 24.9 Å². The van der Waals surface area contributed by atoms with Gasteiger partial charge in [0.1, 0.15) is 10.9 Å². The standard InChI is InChI=1S/C21H19Cl2N5O4S/c22-14-4-3-7-18(20(14)23)33(31,32)28-16-6-2-1-5-15(16)27-21(30)17(28)10-19(29)25-9-8-13-11-24-12-26-13/h1-7,11-12,17H,8-10H2,(H,24,26)(H,25,29)(H,27,30)/t17-/m1/s1. The number of rotatable bonds is 7. The minimum absolute atomic E-state index is 0.0561. The number of amides is 2. The quantitative estimate of drug-likeness (QED) is 0.453. The molecule has 2 heterocycles. The van der Waals surface area contributed by atoms with Crippen molar-refractivity contribution in [3.8, 4) is 0 Å². The van der Waals surface area contributed by atoms with Crippen LogP contribution in [0.1, 0.15) is 12.1 Å². The lowest BCUT2D eigenvalue weighted by Gasteiger charge is -2.36. The zero-order chi connectivity index (χ0) is 23.6. The Labute approximate surface area is 200 Å². The summed E-state index contributed by atoms with van der Waals surface area (Å²) in [6.07, 6.45) is 3.29. The van der Waals surface area contributed by atoms with E-state index >= 15 is 0 Å². The SMILES string of the molecule is O=C(C[C@@H]1C(=O)Nc2ccccc2N1S(=O)(=O)c1cccc(Cl)c1Cl)NCCc1cnc[nH]1. The van der Waals surface area contributed by atoms with Gasteiger partial charge in [-0.2, -0.15) is 0 Å². The van der Waals surface area contributed by atoms with Crippen molar-refractivity contribution < 1.29 is 18.0 Å². The Morgan fingerprint density at radius 3 is 2.70 bits per heavy atom. The van der Waals surface area contributed by atoms with Crippen LogP contribution in [0.2, 0.25) is 10.0 Å². The molecule has 1 aliphatic rings. The Hall–Kier alpha value is -3.08. The number of carbonyl (C=O) groups excluding carboxylic acids is 2. The fraction of sp³-hybridized carbons (Fsp3) is 0.190. The Bertz CT molecular complexity index is 1300. The smallest absolute Gasteiger partial charge is 0.266 e. The molecule has 3 N–H and O–H groups in total. The molecule has 0 saturated heterocycles. The number of nitrogens with one attached hydrogen (secondary N) is 3. The number of hydrogen-bond acceptors (Lipinski definition) is 5. The molecule has 1 aromatic heterocycles. The second-order valence-corrected chi connectivity index (χ2v) is 9.82. The van der Waals surface area contributed by atoms with Gasteiger partial charge in [0.2, 0.25) is 11.8 Å². The molecule has 0 radical (unpaired) electrons. The maximum atomic E-state index is 13.7. The summed E-state index contributed by atoms with van der Waals surface area (Å²) in [5.74, 6) is -1.11. The third kappa shape index (κ3) is 4.68. The third-order valence-electron chi connectivity index (χ3n) is 5.09. The molecule has 9 nitrogen and oxygen atoms in total. The van der Waals surface area contributed by atoms with Crippen molar-refractivity contribution in [2.75, 3.05) is 16.2 Å². The molecule has 0 bridgehead atoms. The largest absolute Gasteiger partial charge is 0.356 e. The molecule has 0 fully saturated rings. The van der Waals surface area contributed by atoms with Crippen LogP contribution in [0.25, 0.3) is 0 Å². The van der Waals surface area contributed by atoms with E-state index in [0.717, 1.165) is 10.00 Å². The van der Waals surface area contributed by atoms with E-state index in [1.54, 1.807) is 30.5 Å². The molecule has 0 unspecified atom stereocenters. The average molecular weight is 508 g/mol. The van der Waals surface area contributed by atoms with Crippen molar-refractivity contribution in [3.05, 3.63) is 70.7 Å². The van der Waals surface area contributed by atoms with Crippen molar-refractivity contribution in [1.29, 1.82) is 0 Å². The van der Waals surface area contributed by atoms with E-state index in [9.17, 15) is 18.0 Å². The first-order chi connectivity index (χ1) is 15.8. The number of halogens is 2. The predicted molar refractivity (Wildman–Crippen MR) is 125 cm³/mol. The van der Waals surface area contributed by atoms with Gasteiger partial charge in [-0.15, -0.1) is 0 Å². The van der Waals surface area contributed by atoms with Crippen molar-refractivity contribution in [3.63, 3.8) is 0 Å². The second kappa shape index (κ2) is 9.42. The highest BCUT2D eigenvalue weighted by Crippen LogP contribution is 2.39. The summed E-state index contributed by atoms with van der Waals surface area (Å²) in [6, 6.07) is 9.33. The Kier molecular flexibility index (Phi) is 6.59. The van der Waals surface area contributed by atoms with Gasteiger partial charge in [0.05, 0.1) is 34.2 Å². The summed E-state index contributed by atoms with van der Waals surface area (Å²) >= 11 is 12.2. The molecule has 0 aliphatic carbocycles. The fourth-order valence-corrected chi connectivity index (χ4v) is 5.90. The summed E-state index contributed by atoms with van der Waals surface area (Å²) in [7, 11) is -4.35. The Morgan fingerprint density at radius 1 is 1.15 bits per heavy atom. The maximum absolute atomic E-state index is 13.7. The summed E-state index contributed by atoms with van der Waals surface area (Å²) in [5.41, 5.74) is 1.36. The minimum Gasteiger partial charge on any atom is -0.356 e. The van der Waals surface area contributed by atoms with Crippen LogP contribution >= 0.6 is 23.2 Å². The monoisotopic (exact) mass is 507 g/mol. The van der Waals surface area contributed by atoms with Gasteiger partial charge in [-0.3, -0.25) is 13.9 Å². The van der Waals surface area contributed by atoms with Crippen molar-refractivity contribution in [2.24, 2.45) is 0 Å². The number of aromatic nitrogens is 2. The van der Waals surface area contributed by atoms with E-state index in [2.05, 4.69) is 20.6 Å². The van der Waals surface area contributed by atoms with Crippen molar-refractivity contribution >= 4 is 56.4 Å². The zero-order valence-electron chi connectivity index (χ0n) is 17.1. The number of imidazole rings is 1. The summed E-state index contributed by atoms with van der Waals surface area (Å²) in [5, 5.41) is 5.28. The van der Waals surface area contributed by atoms with E-state index in [0.29, 0.717) is 18.7 Å². The number of anilines is 2. The van der Waals surface area contributed by atoms with E-state index in [1.807, 2.05) is 0 Å². The van der Waals surface area contributed by atoms with Crippen LogP contribution < -0.4 is 14.9 Å². The number of carbonyl (C=O) groups is 2. The molecule has 0 saturated carbocycles. The molecule has 2 aromatic carbocycles. The average Bonchev–Trinajstić information content (AvgIpc) is 3.29. The van der Waals surface area contributed by atoms with Gasteiger partial charge < -0.3 is 15.6 Å².